The summed E-state index contributed by atoms with van der Waals surface area (Å²) in [6, 6.07) is 1.00. The number of carbonyl (C=O) groups is 1. The molecule has 0 spiro atoms. The molecule has 1 rings (SSSR count). The molecule has 1 aromatic heterocycles. The van der Waals surface area contributed by atoms with Gasteiger partial charge >= 0.3 is 0 Å². The monoisotopic (exact) mass is 231 g/mol. The molecule has 82 valence electrons. The summed E-state index contributed by atoms with van der Waals surface area (Å²) < 4.78 is 8.86. The van der Waals surface area contributed by atoms with E-state index in [0.717, 1.165) is 6.07 Å². The number of anilines is 1. The van der Waals surface area contributed by atoms with Crippen molar-refractivity contribution in [3.05, 3.63) is 21.9 Å². The molecule has 1 aromatic rings. The first-order valence-electron chi connectivity index (χ1n) is 3.85. The van der Waals surface area contributed by atoms with E-state index < -0.39 is 11.3 Å². The molecule has 0 radical (unpaired) electrons. The number of hydrogen-bond acceptors (Lipinski definition) is 6. The fraction of sp³-hybridized carbons (Fsp3) is 0.143. The van der Waals surface area contributed by atoms with E-state index in [4.69, 9.17) is 9.76 Å². The van der Waals surface area contributed by atoms with Crippen LogP contribution < -0.4 is 16.2 Å². The summed E-state index contributed by atoms with van der Waals surface area (Å²) in [5.41, 5.74) is 0.900. The van der Waals surface area contributed by atoms with Crippen LogP contribution in [0.2, 0.25) is 0 Å². The summed E-state index contributed by atoms with van der Waals surface area (Å²) in [6.45, 7) is 0. The Morgan fingerprint density at radius 1 is 1.60 bits per heavy atom. The topological polar surface area (TPSA) is 114 Å². The number of amides is 1. The highest BCUT2D eigenvalue weighted by Crippen LogP contribution is 2.16. The van der Waals surface area contributed by atoms with Crippen LogP contribution in [0.4, 0.5) is 5.82 Å². The van der Waals surface area contributed by atoms with E-state index in [2.05, 4.69) is 10.3 Å². The molecule has 0 saturated heterocycles. The predicted molar refractivity (Wildman–Crippen MR) is 54.3 cm³/mol. The van der Waals surface area contributed by atoms with Crippen LogP contribution >= 0.6 is 12.0 Å². The molecular formula is C7H9N3O4S. The Balaban J connectivity index is 3.38. The molecule has 0 aliphatic rings. The number of hydrogen-bond donors (Lipinski definition) is 5. The molecule has 0 aliphatic heterocycles. The molecule has 0 aromatic carbocycles. The summed E-state index contributed by atoms with van der Waals surface area (Å²) in [6.07, 6.45) is 0. The summed E-state index contributed by atoms with van der Waals surface area (Å²) >= 11 is 0.215. The summed E-state index contributed by atoms with van der Waals surface area (Å²) in [5, 5.41) is 10.8. The molecule has 0 unspecified atom stereocenters. The maximum Gasteiger partial charge on any atom is 0.257 e. The van der Waals surface area contributed by atoms with Gasteiger partial charge in [-0.05, 0) is 0 Å². The van der Waals surface area contributed by atoms with Gasteiger partial charge in [0.2, 0.25) is 0 Å². The van der Waals surface area contributed by atoms with Gasteiger partial charge in [0.25, 0.3) is 5.91 Å². The fourth-order valence-electron chi connectivity index (χ4n) is 1.00. The van der Waals surface area contributed by atoms with Gasteiger partial charge in [0, 0.05) is 25.2 Å². The Bertz CT molecular complexity index is 431. The van der Waals surface area contributed by atoms with Crippen LogP contribution in [0, 0.1) is 0 Å². The number of pyridine rings is 1. The van der Waals surface area contributed by atoms with E-state index >= 15 is 0 Å². The van der Waals surface area contributed by atoms with Crippen molar-refractivity contribution in [2.75, 3.05) is 12.5 Å². The molecule has 8 heteroatoms. The Morgan fingerprint density at radius 2 is 2.27 bits per heavy atom. The second kappa shape index (κ2) is 4.82. The lowest BCUT2D eigenvalue weighted by Gasteiger charge is -2.06. The lowest BCUT2D eigenvalue weighted by atomic mass is 10.2. The average Bonchev–Trinajstić information content (AvgIpc) is 2.26. The largest absolute Gasteiger partial charge is 0.355 e. The van der Waals surface area contributed by atoms with Gasteiger partial charge in [-0.15, -0.1) is 0 Å². The molecule has 1 heterocycles. The first-order valence-corrected chi connectivity index (χ1v) is 4.62. The van der Waals surface area contributed by atoms with Crippen LogP contribution in [-0.4, -0.2) is 27.7 Å². The van der Waals surface area contributed by atoms with E-state index in [-0.39, 0.29) is 28.5 Å². The Labute approximate surface area is 88.7 Å². The smallest absolute Gasteiger partial charge is 0.257 e. The molecule has 15 heavy (non-hydrogen) atoms. The van der Waals surface area contributed by atoms with Crippen LogP contribution in [0.5, 0.6) is 0 Å². The number of aromatic nitrogens is 1. The fourth-order valence-corrected chi connectivity index (χ4v) is 1.44. The maximum atomic E-state index is 11.4. The maximum absolute atomic E-state index is 11.4. The molecule has 0 aliphatic carbocycles. The van der Waals surface area contributed by atoms with E-state index in [1.165, 1.54) is 7.05 Å². The molecule has 0 saturated carbocycles. The Hall–Kier alpha value is -1.51. The van der Waals surface area contributed by atoms with Gasteiger partial charge < -0.3 is 14.9 Å². The third-order valence-corrected chi connectivity index (χ3v) is 2.15. The van der Waals surface area contributed by atoms with Crippen molar-refractivity contribution in [1.29, 1.82) is 0 Å². The molecule has 0 bridgehead atoms. The van der Waals surface area contributed by atoms with Crippen LogP contribution in [0.15, 0.2) is 15.9 Å². The highest BCUT2D eigenvalue weighted by molar-refractivity contribution is 7.93. The quantitative estimate of drug-likeness (QED) is 0.372. The van der Waals surface area contributed by atoms with Crippen molar-refractivity contribution in [3.63, 3.8) is 0 Å². The van der Waals surface area contributed by atoms with E-state index in [1.54, 1.807) is 5.48 Å². The number of nitrogens with one attached hydrogen (secondary N) is 3. The van der Waals surface area contributed by atoms with Gasteiger partial charge in [-0.3, -0.25) is 20.3 Å². The normalized spacial score (nSPS) is 9.80. The third-order valence-electron chi connectivity index (χ3n) is 1.66. The molecular weight excluding hydrogens is 222 g/mol. The Kier molecular flexibility index (Phi) is 3.72. The molecule has 5 N–H and O–H groups in total. The standard InChI is InChI=1S/C7H9N3O4S/c1-8-6(12)5-3(11)2-4(10-13)9-7(5)15-14/h2,13-14H,1H3,(H,8,12)(H2,9,10,11). The minimum Gasteiger partial charge on any atom is -0.355 e. The van der Waals surface area contributed by atoms with Crippen molar-refractivity contribution in [2.45, 2.75) is 5.03 Å². The van der Waals surface area contributed by atoms with Crippen molar-refractivity contribution in [1.82, 2.24) is 10.3 Å². The summed E-state index contributed by atoms with van der Waals surface area (Å²) in [4.78, 5) is 25.2. The van der Waals surface area contributed by atoms with Crippen LogP contribution in [0.25, 0.3) is 0 Å². The average molecular weight is 231 g/mol. The lowest BCUT2D eigenvalue weighted by molar-refractivity contribution is 0.0958. The highest BCUT2D eigenvalue weighted by Gasteiger charge is 2.16. The zero-order valence-electron chi connectivity index (χ0n) is 7.70. The molecule has 0 atom stereocenters. The molecule has 0 fully saturated rings. The second-order valence-corrected chi connectivity index (χ2v) is 3.12. The van der Waals surface area contributed by atoms with Gasteiger partial charge in [0.05, 0.1) is 0 Å². The van der Waals surface area contributed by atoms with Gasteiger partial charge in [0.1, 0.15) is 16.4 Å². The number of aromatic amines is 1. The Morgan fingerprint density at radius 3 is 2.73 bits per heavy atom. The van der Waals surface area contributed by atoms with Gasteiger partial charge in [-0.1, -0.05) is 0 Å². The number of H-pyrrole nitrogens is 1. The zero-order chi connectivity index (χ0) is 11.4. The van der Waals surface area contributed by atoms with Gasteiger partial charge in [0.15, 0.2) is 5.43 Å². The second-order valence-electron chi connectivity index (χ2n) is 2.53. The lowest BCUT2D eigenvalue weighted by Crippen LogP contribution is -2.26. The van der Waals surface area contributed by atoms with Crippen molar-refractivity contribution in [3.8, 4) is 0 Å². The molecule has 7 nitrogen and oxygen atoms in total. The summed E-state index contributed by atoms with van der Waals surface area (Å²) in [5.74, 6) is -0.624. The van der Waals surface area contributed by atoms with Gasteiger partial charge in [-0.2, -0.15) is 0 Å². The van der Waals surface area contributed by atoms with Crippen LogP contribution in [0.1, 0.15) is 10.4 Å². The van der Waals surface area contributed by atoms with Crippen molar-refractivity contribution < 1.29 is 14.6 Å². The predicted octanol–water partition coefficient (Wildman–Crippen LogP) is 0.101. The van der Waals surface area contributed by atoms with Crippen LogP contribution in [-0.2, 0) is 0 Å². The SMILES string of the molecule is CNC(=O)c1c(SO)[nH]c(NO)cc1=O. The first kappa shape index (κ1) is 11.6. The molecule has 1 amide bonds. The minimum absolute atomic E-state index is 0.01000. The summed E-state index contributed by atoms with van der Waals surface area (Å²) in [7, 11) is 1.37. The van der Waals surface area contributed by atoms with E-state index in [1.807, 2.05) is 0 Å². The number of carbonyl (C=O) groups excluding carboxylic acids is 1. The van der Waals surface area contributed by atoms with Gasteiger partial charge in [-0.25, -0.2) is 0 Å². The first-order chi connectivity index (χ1) is 7.13. The van der Waals surface area contributed by atoms with Crippen LogP contribution in [0.3, 0.4) is 0 Å². The van der Waals surface area contributed by atoms with Crippen molar-refractivity contribution in [2.24, 2.45) is 0 Å². The zero-order valence-corrected chi connectivity index (χ0v) is 8.51. The highest BCUT2D eigenvalue weighted by atomic mass is 32.2. The number of rotatable bonds is 3. The minimum atomic E-state index is -0.614. The van der Waals surface area contributed by atoms with Crippen molar-refractivity contribution >= 4 is 23.8 Å². The van der Waals surface area contributed by atoms with E-state index in [0.29, 0.717) is 0 Å². The third kappa shape index (κ3) is 2.29. The van der Waals surface area contributed by atoms with E-state index in [9.17, 15) is 9.59 Å².